The van der Waals surface area contributed by atoms with Crippen molar-refractivity contribution >= 4 is 11.6 Å². The average Bonchev–Trinajstić information content (AvgIpc) is 2.64. The highest BCUT2D eigenvalue weighted by molar-refractivity contribution is 6.30. The second-order valence-electron chi connectivity index (χ2n) is 4.55. The second kappa shape index (κ2) is 5.17. The molecule has 0 amide bonds. The average molecular weight is 240 g/mol. The minimum absolute atomic E-state index is 0.193. The molecule has 3 heteroatoms. The number of aliphatic hydroxyl groups excluding tert-OH is 1. The fourth-order valence-electron chi connectivity index (χ4n) is 2.33. The summed E-state index contributed by atoms with van der Waals surface area (Å²) in [6, 6.07) is 8.33. The van der Waals surface area contributed by atoms with Crippen LogP contribution < -0.4 is 5.32 Å². The highest BCUT2D eigenvalue weighted by Gasteiger charge is 2.26. The quantitative estimate of drug-likeness (QED) is 0.850. The van der Waals surface area contributed by atoms with Gasteiger partial charge in [-0.1, -0.05) is 23.7 Å². The molecule has 0 aliphatic heterocycles. The van der Waals surface area contributed by atoms with Gasteiger partial charge in [0.1, 0.15) is 0 Å². The van der Waals surface area contributed by atoms with E-state index < -0.39 is 0 Å². The van der Waals surface area contributed by atoms with Crippen molar-refractivity contribution in [3.05, 3.63) is 34.9 Å². The minimum Gasteiger partial charge on any atom is -0.392 e. The molecule has 1 aliphatic rings. The Balaban J connectivity index is 1.99. The van der Waals surface area contributed by atoms with Crippen LogP contribution in [0.4, 0.5) is 0 Å². The number of benzene rings is 1. The van der Waals surface area contributed by atoms with Gasteiger partial charge in [-0.3, -0.25) is 0 Å². The Morgan fingerprint density at radius 2 is 2.25 bits per heavy atom. The van der Waals surface area contributed by atoms with Gasteiger partial charge < -0.3 is 10.4 Å². The molecule has 0 heterocycles. The Kier molecular flexibility index (Phi) is 3.85. The summed E-state index contributed by atoms with van der Waals surface area (Å²) in [6.45, 7) is 2.11. The van der Waals surface area contributed by atoms with E-state index in [4.69, 9.17) is 11.6 Å². The smallest absolute Gasteiger partial charge is 0.0693 e. The molecule has 0 aromatic heterocycles. The summed E-state index contributed by atoms with van der Waals surface area (Å²) in [7, 11) is 0. The first-order chi connectivity index (χ1) is 7.66. The predicted octanol–water partition coefficient (Wildman–Crippen LogP) is 2.90. The first-order valence-electron chi connectivity index (χ1n) is 5.86. The fourth-order valence-corrected chi connectivity index (χ4v) is 2.53. The van der Waals surface area contributed by atoms with E-state index in [1.54, 1.807) is 0 Å². The number of hydrogen-bond donors (Lipinski definition) is 2. The Labute approximate surface area is 102 Å². The summed E-state index contributed by atoms with van der Waals surface area (Å²) < 4.78 is 0. The Morgan fingerprint density at radius 1 is 1.44 bits per heavy atom. The standard InChI is InChI=1S/C13H18ClNO/c1-9(10-4-2-5-11(14)8-10)15-12-6-3-7-13(12)16/h2,4-5,8-9,12-13,15-16H,3,6-7H2,1H3. The molecule has 1 aromatic carbocycles. The molecule has 1 saturated carbocycles. The van der Waals surface area contributed by atoms with Gasteiger partial charge >= 0.3 is 0 Å². The zero-order valence-corrected chi connectivity index (χ0v) is 10.2. The van der Waals surface area contributed by atoms with Crippen molar-refractivity contribution in [2.75, 3.05) is 0 Å². The third-order valence-corrected chi connectivity index (χ3v) is 3.53. The molecule has 16 heavy (non-hydrogen) atoms. The number of aliphatic hydroxyl groups is 1. The van der Waals surface area contributed by atoms with E-state index in [1.807, 2.05) is 18.2 Å². The normalized spacial score (nSPS) is 26.9. The lowest BCUT2D eigenvalue weighted by atomic mass is 10.1. The Morgan fingerprint density at radius 3 is 2.88 bits per heavy atom. The fraction of sp³-hybridized carbons (Fsp3) is 0.538. The van der Waals surface area contributed by atoms with Crippen LogP contribution in [-0.2, 0) is 0 Å². The van der Waals surface area contributed by atoms with E-state index in [1.165, 1.54) is 5.56 Å². The molecule has 0 radical (unpaired) electrons. The molecule has 0 bridgehead atoms. The molecule has 2 nitrogen and oxygen atoms in total. The van der Waals surface area contributed by atoms with Crippen LogP contribution in [0.5, 0.6) is 0 Å². The topological polar surface area (TPSA) is 32.3 Å². The Bertz CT molecular complexity index is 356. The first-order valence-corrected chi connectivity index (χ1v) is 6.24. The van der Waals surface area contributed by atoms with Crippen molar-refractivity contribution < 1.29 is 5.11 Å². The predicted molar refractivity (Wildman–Crippen MR) is 66.6 cm³/mol. The van der Waals surface area contributed by atoms with Crippen molar-refractivity contribution in [2.24, 2.45) is 0 Å². The molecule has 0 spiro atoms. The Hall–Kier alpha value is -0.570. The van der Waals surface area contributed by atoms with Crippen molar-refractivity contribution in [1.29, 1.82) is 0 Å². The lowest BCUT2D eigenvalue weighted by Crippen LogP contribution is -2.37. The highest BCUT2D eigenvalue weighted by Crippen LogP contribution is 2.23. The molecule has 88 valence electrons. The number of hydrogen-bond acceptors (Lipinski definition) is 2. The van der Waals surface area contributed by atoms with E-state index in [2.05, 4.69) is 18.3 Å². The van der Waals surface area contributed by atoms with Gasteiger partial charge in [0.25, 0.3) is 0 Å². The largest absolute Gasteiger partial charge is 0.392 e. The van der Waals surface area contributed by atoms with Gasteiger partial charge in [0.2, 0.25) is 0 Å². The van der Waals surface area contributed by atoms with Crippen molar-refractivity contribution in [1.82, 2.24) is 5.32 Å². The summed E-state index contributed by atoms with van der Waals surface area (Å²) >= 11 is 5.96. The van der Waals surface area contributed by atoms with Crippen LogP contribution in [0.2, 0.25) is 5.02 Å². The number of halogens is 1. The van der Waals surface area contributed by atoms with Crippen molar-refractivity contribution in [3.8, 4) is 0 Å². The third-order valence-electron chi connectivity index (χ3n) is 3.29. The van der Waals surface area contributed by atoms with Gasteiger partial charge in [0.05, 0.1) is 6.10 Å². The second-order valence-corrected chi connectivity index (χ2v) is 4.98. The molecular formula is C13H18ClNO. The van der Waals surface area contributed by atoms with Crippen molar-refractivity contribution in [3.63, 3.8) is 0 Å². The van der Waals surface area contributed by atoms with Crippen molar-refractivity contribution in [2.45, 2.75) is 44.4 Å². The van der Waals surface area contributed by atoms with Gasteiger partial charge in [-0.05, 0) is 43.9 Å². The summed E-state index contributed by atoms with van der Waals surface area (Å²) in [6.07, 6.45) is 2.90. The number of rotatable bonds is 3. The summed E-state index contributed by atoms with van der Waals surface area (Å²) in [4.78, 5) is 0. The van der Waals surface area contributed by atoms with Gasteiger partial charge in [-0.15, -0.1) is 0 Å². The molecule has 3 atom stereocenters. The van der Waals surface area contributed by atoms with Crippen LogP contribution in [0.25, 0.3) is 0 Å². The monoisotopic (exact) mass is 239 g/mol. The molecule has 2 rings (SSSR count). The van der Waals surface area contributed by atoms with Crippen LogP contribution >= 0.6 is 11.6 Å². The van der Waals surface area contributed by atoms with Crippen LogP contribution in [0, 0.1) is 0 Å². The molecular weight excluding hydrogens is 222 g/mol. The molecule has 1 aromatic rings. The lowest BCUT2D eigenvalue weighted by Gasteiger charge is -2.22. The van der Waals surface area contributed by atoms with E-state index in [0.29, 0.717) is 0 Å². The lowest BCUT2D eigenvalue weighted by molar-refractivity contribution is 0.144. The van der Waals surface area contributed by atoms with Gasteiger partial charge in [-0.25, -0.2) is 0 Å². The third kappa shape index (κ3) is 2.76. The molecule has 2 N–H and O–H groups in total. The van der Waals surface area contributed by atoms with Gasteiger partial charge in [0, 0.05) is 17.1 Å². The maximum Gasteiger partial charge on any atom is 0.0693 e. The SMILES string of the molecule is CC(NC1CCCC1O)c1cccc(Cl)c1. The molecule has 0 saturated heterocycles. The highest BCUT2D eigenvalue weighted by atomic mass is 35.5. The zero-order valence-electron chi connectivity index (χ0n) is 9.49. The van der Waals surface area contributed by atoms with E-state index in [-0.39, 0.29) is 18.2 Å². The molecule has 3 unspecified atom stereocenters. The van der Waals surface area contributed by atoms with Crippen LogP contribution in [-0.4, -0.2) is 17.3 Å². The molecule has 1 fully saturated rings. The first kappa shape index (κ1) is 11.9. The van der Waals surface area contributed by atoms with E-state index in [9.17, 15) is 5.11 Å². The van der Waals surface area contributed by atoms with Crippen LogP contribution in [0.1, 0.15) is 37.8 Å². The van der Waals surface area contributed by atoms with E-state index in [0.717, 1.165) is 24.3 Å². The summed E-state index contributed by atoms with van der Waals surface area (Å²) in [5, 5.41) is 14.0. The number of nitrogens with one attached hydrogen (secondary N) is 1. The minimum atomic E-state index is -0.193. The molecule has 1 aliphatic carbocycles. The van der Waals surface area contributed by atoms with Gasteiger partial charge in [0.15, 0.2) is 0 Å². The maximum absolute atomic E-state index is 9.75. The summed E-state index contributed by atoms with van der Waals surface area (Å²) in [5.74, 6) is 0. The zero-order chi connectivity index (χ0) is 11.5. The van der Waals surface area contributed by atoms with E-state index >= 15 is 0 Å². The van der Waals surface area contributed by atoms with Gasteiger partial charge in [-0.2, -0.15) is 0 Å². The summed E-state index contributed by atoms with van der Waals surface area (Å²) in [5.41, 5.74) is 1.17. The maximum atomic E-state index is 9.75. The van der Waals surface area contributed by atoms with Crippen LogP contribution in [0.15, 0.2) is 24.3 Å². The van der Waals surface area contributed by atoms with Crippen LogP contribution in [0.3, 0.4) is 0 Å².